The largest absolute Gasteiger partial charge is 0.481 e. The number of fused-ring (bicyclic) bond motifs is 1. The first-order valence-electron chi connectivity index (χ1n) is 5.29. The van der Waals surface area contributed by atoms with E-state index in [0.717, 1.165) is 0 Å². The lowest BCUT2D eigenvalue weighted by Gasteiger charge is -2.18. The first-order chi connectivity index (χ1) is 8.34. The number of nitrogens with zero attached hydrogens (tertiary/aromatic N) is 2. The zero-order chi connectivity index (χ0) is 13.5. The molecule has 3 N–H and O–H groups in total. The van der Waals surface area contributed by atoms with Crippen LogP contribution >= 0.6 is 0 Å². The maximum atomic E-state index is 13.6. The molecule has 1 heterocycles. The molecule has 5 nitrogen and oxygen atoms in total. The monoisotopic (exact) mass is 249 g/mol. The van der Waals surface area contributed by atoms with Gasteiger partial charge in [-0.3, -0.25) is 4.79 Å². The standard InChI is InChI=1S/C12H12FN3O2/c1-12(2,11(17)18)10-15-8-6(9(14)16-10)4-3-5-7(8)13/h3-5H,1-2H3,(H,17,18)(H2,14,15,16). The minimum atomic E-state index is -1.33. The van der Waals surface area contributed by atoms with E-state index in [2.05, 4.69) is 9.97 Å². The fourth-order valence-corrected chi connectivity index (χ4v) is 1.52. The molecule has 18 heavy (non-hydrogen) atoms. The average molecular weight is 249 g/mol. The summed E-state index contributed by atoms with van der Waals surface area (Å²) in [6.07, 6.45) is 0. The number of nitrogens with two attached hydrogens (primary N) is 1. The Balaban J connectivity index is 2.77. The van der Waals surface area contributed by atoms with Gasteiger partial charge in [-0.2, -0.15) is 0 Å². The SMILES string of the molecule is CC(C)(C(=O)O)c1nc(N)c2cccc(F)c2n1. The van der Waals surface area contributed by atoms with Gasteiger partial charge in [-0.1, -0.05) is 6.07 Å². The first-order valence-corrected chi connectivity index (χ1v) is 5.29. The molecule has 0 fully saturated rings. The molecule has 0 saturated carbocycles. The number of carboxylic acids is 1. The Labute approximate surface area is 102 Å². The maximum Gasteiger partial charge on any atom is 0.316 e. The lowest BCUT2D eigenvalue weighted by molar-refractivity contribution is -0.142. The topological polar surface area (TPSA) is 89.1 Å². The van der Waals surface area contributed by atoms with Crippen molar-refractivity contribution in [3.8, 4) is 0 Å². The van der Waals surface area contributed by atoms with E-state index in [4.69, 9.17) is 10.8 Å². The van der Waals surface area contributed by atoms with Crippen LogP contribution < -0.4 is 5.73 Å². The van der Waals surface area contributed by atoms with Crippen LogP contribution in [0.2, 0.25) is 0 Å². The zero-order valence-corrected chi connectivity index (χ0v) is 9.94. The summed E-state index contributed by atoms with van der Waals surface area (Å²) < 4.78 is 13.6. The van der Waals surface area contributed by atoms with Crippen molar-refractivity contribution in [1.82, 2.24) is 9.97 Å². The van der Waals surface area contributed by atoms with Crippen LogP contribution in [0.25, 0.3) is 10.9 Å². The second kappa shape index (κ2) is 3.90. The van der Waals surface area contributed by atoms with E-state index in [9.17, 15) is 9.18 Å². The molecule has 6 heteroatoms. The molecule has 0 saturated heterocycles. The summed E-state index contributed by atoms with van der Waals surface area (Å²) in [6.45, 7) is 2.88. The molecule has 0 spiro atoms. The number of carboxylic acid groups (broad SMARTS) is 1. The molecule has 2 aromatic rings. The Hall–Kier alpha value is -2.24. The predicted octanol–water partition coefficient (Wildman–Crippen LogP) is 1.71. The third-order valence-corrected chi connectivity index (χ3v) is 2.80. The molecule has 0 radical (unpaired) electrons. The number of carbonyl (C=O) groups is 1. The highest BCUT2D eigenvalue weighted by Gasteiger charge is 2.33. The van der Waals surface area contributed by atoms with Gasteiger partial charge in [0.15, 0.2) is 0 Å². The fourth-order valence-electron chi connectivity index (χ4n) is 1.52. The lowest BCUT2D eigenvalue weighted by Crippen LogP contribution is -2.31. The average Bonchev–Trinajstić information content (AvgIpc) is 2.30. The van der Waals surface area contributed by atoms with Crippen molar-refractivity contribution in [2.24, 2.45) is 0 Å². The normalized spacial score (nSPS) is 11.7. The third-order valence-electron chi connectivity index (χ3n) is 2.80. The van der Waals surface area contributed by atoms with E-state index in [1.807, 2.05) is 0 Å². The highest BCUT2D eigenvalue weighted by molar-refractivity contribution is 5.89. The molecular formula is C12H12FN3O2. The quantitative estimate of drug-likeness (QED) is 0.845. The number of hydrogen-bond acceptors (Lipinski definition) is 4. The van der Waals surface area contributed by atoms with Crippen LogP contribution in [-0.4, -0.2) is 21.0 Å². The van der Waals surface area contributed by atoms with Crippen LogP contribution in [0, 0.1) is 5.82 Å². The van der Waals surface area contributed by atoms with Gasteiger partial charge >= 0.3 is 5.97 Å². The first kappa shape index (κ1) is 12.2. The number of hydrogen-bond donors (Lipinski definition) is 2. The second-order valence-electron chi connectivity index (χ2n) is 4.50. The van der Waals surface area contributed by atoms with Gasteiger partial charge < -0.3 is 10.8 Å². The summed E-state index contributed by atoms with van der Waals surface area (Å²) in [4.78, 5) is 19.1. The predicted molar refractivity (Wildman–Crippen MR) is 64.6 cm³/mol. The van der Waals surface area contributed by atoms with E-state index in [-0.39, 0.29) is 17.2 Å². The van der Waals surface area contributed by atoms with Gasteiger partial charge in [0.1, 0.15) is 28.4 Å². The number of benzene rings is 1. The molecule has 2 rings (SSSR count). The van der Waals surface area contributed by atoms with Gasteiger partial charge in [0.05, 0.1) is 0 Å². The molecule has 0 aliphatic carbocycles. The molecule has 1 aromatic heterocycles. The van der Waals surface area contributed by atoms with E-state index >= 15 is 0 Å². The summed E-state index contributed by atoms with van der Waals surface area (Å²) in [5.74, 6) is -1.59. The summed E-state index contributed by atoms with van der Waals surface area (Å²) in [7, 11) is 0. The van der Waals surface area contributed by atoms with Crippen molar-refractivity contribution in [3.63, 3.8) is 0 Å². The summed E-state index contributed by atoms with van der Waals surface area (Å²) in [6, 6.07) is 4.33. The number of nitrogen functional groups attached to an aromatic ring is 1. The molecule has 1 aromatic carbocycles. The van der Waals surface area contributed by atoms with Crippen molar-refractivity contribution >= 4 is 22.7 Å². The minimum Gasteiger partial charge on any atom is -0.481 e. The van der Waals surface area contributed by atoms with Gasteiger partial charge in [0.2, 0.25) is 0 Å². The molecule has 0 aliphatic heterocycles. The number of anilines is 1. The Morgan fingerprint density at radius 1 is 1.39 bits per heavy atom. The Morgan fingerprint density at radius 3 is 2.67 bits per heavy atom. The molecule has 0 amide bonds. The Bertz CT molecular complexity index is 641. The zero-order valence-electron chi connectivity index (χ0n) is 9.94. The van der Waals surface area contributed by atoms with Crippen LogP contribution in [0.3, 0.4) is 0 Å². The van der Waals surface area contributed by atoms with Crippen molar-refractivity contribution in [2.45, 2.75) is 19.3 Å². The highest BCUT2D eigenvalue weighted by atomic mass is 19.1. The number of rotatable bonds is 2. The number of para-hydroxylation sites is 1. The van der Waals surface area contributed by atoms with Crippen molar-refractivity contribution < 1.29 is 14.3 Å². The number of aliphatic carboxylic acids is 1. The van der Waals surface area contributed by atoms with Crippen molar-refractivity contribution in [1.29, 1.82) is 0 Å². The number of aromatic nitrogens is 2. The highest BCUT2D eigenvalue weighted by Crippen LogP contribution is 2.26. The molecule has 0 atom stereocenters. The van der Waals surface area contributed by atoms with Crippen molar-refractivity contribution in [3.05, 3.63) is 29.8 Å². The fraction of sp³-hybridized carbons (Fsp3) is 0.250. The Morgan fingerprint density at radius 2 is 2.06 bits per heavy atom. The molecular weight excluding hydrogens is 237 g/mol. The molecule has 94 valence electrons. The van der Waals surface area contributed by atoms with Crippen LogP contribution in [0.1, 0.15) is 19.7 Å². The Kier molecular flexibility index (Phi) is 2.65. The van der Waals surface area contributed by atoms with Gasteiger partial charge in [-0.05, 0) is 26.0 Å². The van der Waals surface area contributed by atoms with E-state index in [0.29, 0.717) is 5.39 Å². The summed E-state index contributed by atoms with van der Waals surface area (Å²) >= 11 is 0. The lowest BCUT2D eigenvalue weighted by atomic mass is 9.92. The van der Waals surface area contributed by atoms with Gasteiger partial charge in [-0.25, -0.2) is 14.4 Å². The third kappa shape index (κ3) is 1.75. The molecule has 0 bridgehead atoms. The van der Waals surface area contributed by atoms with Crippen LogP contribution in [0.5, 0.6) is 0 Å². The van der Waals surface area contributed by atoms with E-state index in [1.165, 1.54) is 26.0 Å². The van der Waals surface area contributed by atoms with Crippen LogP contribution in [0.4, 0.5) is 10.2 Å². The van der Waals surface area contributed by atoms with Gasteiger partial charge in [0, 0.05) is 5.39 Å². The smallest absolute Gasteiger partial charge is 0.316 e. The van der Waals surface area contributed by atoms with Crippen molar-refractivity contribution in [2.75, 3.05) is 5.73 Å². The summed E-state index contributed by atoms with van der Waals surface area (Å²) in [5, 5.41) is 9.49. The number of halogens is 1. The second-order valence-corrected chi connectivity index (χ2v) is 4.50. The van der Waals surface area contributed by atoms with E-state index in [1.54, 1.807) is 6.07 Å². The molecule has 0 aliphatic rings. The van der Waals surface area contributed by atoms with Gasteiger partial charge in [-0.15, -0.1) is 0 Å². The van der Waals surface area contributed by atoms with E-state index < -0.39 is 17.2 Å². The molecule has 0 unspecified atom stereocenters. The maximum absolute atomic E-state index is 13.6. The van der Waals surface area contributed by atoms with Crippen LogP contribution in [-0.2, 0) is 10.2 Å². The van der Waals surface area contributed by atoms with Gasteiger partial charge in [0.25, 0.3) is 0 Å². The minimum absolute atomic E-state index is 0.00917. The van der Waals surface area contributed by atoms with Crippen LogP contribution in [0.15, 0.2) is 18.2 Å². The summed E-state index contributed by atoms with van der Waals surface area (Å²) in [5.41, 5.74) is 4.42.